The highest BCUT2D eigenvalue weighted by Crippen LogP contribution is 2.32. The molecular weight excluding hydrogens is 263 g/mol. The third-order valence-corrected chi connectivity index (χ3v) is 3.27. The second-order valence-electron chi connectivity index (χ2n) is 4.52. The second-order valence-corrected chi connectivity index (χ2v) is 4.52. The van der Waals surface area contributed by atoms with Gasteiger partial charge in [-0.2, -0.15) is 0 Å². The highest BCUT2D eigenvalue weighted by Gasteiger charge is 2.16. The molecule has 0 unspecified atom stereocenters. The molecule has 5 heteroatoms. The molecule has 0 aliphatic rings. The van der Waals surface area contributed by atoms with E-state index in [2.05, 4.69) is 0 Å². The van der Waals surface area contributed by atoms with Gasteiger partial charge in [0.1, 0.15) is 28.1 Å². The Bertz CT molecular complexity index is 1040. The minimum Gasteiger partial charge on any atom is -0.508 e. The van der Waals surface area contributed by atoms with Gasteiger partial charge in [0.2, 0.25) is 0 Å². The van der Waals surface area contributed by atoms with Gasteiger partial charge in [-0.15, -0.1) is 0 Å². The van der Waals surface area contributed by atoms with Crippen LogP contribution in [0.15, 0.2) is 50.0 Å². The molecule has 4 nitrogen and oxygen atoms in total. The molecule has 0 radical (unpaired) electrons. The van der Waals surface area contributed by atoms with Crippen LogP contribution in [-0.4, -0.2) is 5.11 Å². The van der Waals surface area contributed by atoms with Crippen LogP contribution in [0.4, 0.5) is 4.39 Å². The summed E-state index contributed by atoms with van der Waals surface area (Å²) in [5, 5.41) is 10.6. The Labute approximate surface area is 110 Å². The highest BCUT2D eigenvalue weighted by atomic mass is 19.1. The minimum absolute atomic E-state index is 0.0119. The van der Waals surface area contributed by atoms with Crippen molar-refractivity contribution in [2.45, 2.75) is 0 Å². The first kappa shape index (κ1) is 11.0. The second kappa shape index (κ2) is 3.60. The summed E-state index contributed by atoms with van der Waals surface area (Å²) in [6.45, 7) is 0. The number of phenolic OH excluding ortho intramolecular Hbond substituents is 1. The summed E-state index contributed by atoms with van der Waals surface area (Å²) >= 11 is 0. The number of furan rings is 1. The lowest BCUT2D eigenvalue weighted by molar-refractivity contribution is 0.473. The van der Waals surface area contributed by atoms with Crippen LogP contribution < -0.4 is 5.63 Å². The number of phenols is 1. The molecule has 0 fully saturated rings. The van der Waals surface area contributed by atoms with E-state index in [1.54, 1.807) is 6.07 Å². The summed E-state index contributed by atoms with van der Waals surface area (Å²) in [7, 11) is 0. The van der Waals surface area contributed by atoms with Gasteiger partial charge in [0, 0.05) is 11.5 Å². The Balaban J connectivity index is 2.33. The maximum absolute atomic E-state index is 13.3. The molecule has 2 aromatic carbocycles. The van der Waals surface area contributed by atoms with Crippen molar-refractivity contribution < 1.29 is 18.3 Å². The lowest BCUT2D eigenvalue weighted by Gasteiger charge is -1.97. The van der Waals surface area contributed by atoms with Crippen LogP contribution in [0.25, 0.3) is 32.9 Å². The van der Waals surface area contributed by atoms with Crippen LogP contribution in [0.3, 0.4) is 0 Å². The van der Waals surface area contributed by atoms with Crippen LogP contribution in [0.1, 0.15) is 0 Å². The number of hydrogen-bond acceptors (Lipinski definition) is 4. The number of benzene rings is 2. The standard InChI is InChI=1S/C15H7FO4/c16-7-1-4-11-10(5-7)13-14(19-11)9-3-2-8(17)6-12(9)20-15(13)18/h1-6,17H. The molecule has 4 rings (SSSR count). The first-order valence-corrected chi connectivity index (χ1v) is 5.91. The van der Waals surface area contributed by atoms with Crippen molar-refractivity contribution in [3.8, 4) is 5.75 Å². The van der Waals surface area contributed by atoms with Crippen LogP contribution >= 0.6 is 0 Å². The van der Waals surface area contributed by atoms with Gasteiger partial charge in [-0.1, -0.05) is 0 Å². The van der Waals surface area contributed by atoms with Crippen molar-refractivity contribution in [1.82, 2.24) is 0 Å². The fraction of sp³-hybridized carbons (Fsp3) is 0. The van der Waals surface area contributed by atoms with E-state index < -0.39 is 11.4 Å². The van der Waals surface area contributed by atoms with E-state index in [-0.39, 0.29) is 16.7 Å². The number of rotatable bonds is 0. The summed E-state index contributed by atoms with van der Waals surface area (Å²) < 4.78 is 24.1. The molecule has 4 aromatic rings. The lowest BCUT2D eigenvalue weighted by Crippen LogP contribution is -1.98. The average molecular weight is 270 g/mol. The third kappa shape index (κ3) is 1.37. The molecule has 2 heterocycles. The Morgan fingerprint density at radius 2 is 1.80 bits per heavy atom. The van der Waals surface area contributed by atoms with Gasteiger partial charge in [0.15, 0.2) is 5.58 Å². The summed E-state index contributed by atoms with van der Waals surface area (Å²) in [6.07, 6.45) is 0. The normalized spacial score (nSPS) is 11.7. The predicted molar refractivity (Wildman–Crippen MR) is 71.4 cm³/mol. The zero-order valence-electron chi connectivity index (χ0n) is 10.0. The molecule has 0 aliphatic heterocycles. The van der Waals surface area contributed by atoms with Gasteiger partial charge in [-0.25, -0.2) is 9.18 Å². The first-order valence-electron chi connectivity index (χ1n) is 5.91. The van der Waals surface area contributed by atoms with Gasteiger partial charge in [-0.05, 0) is 30.3 Å². The smallest absolute Gasteiger partial charge is 0.348 e. The Hall–Kier alpha value is -2.82. The molecule has 0 saturated heterocycles. The third-order valence-electron chi connectivity index (χ3n) is 3.27. The summed E-state index contributed by atoms with van der Waals surface area (Å²) in [6, 6.07) is 8.37. The largest absolute Gasteiger partial charge is 0.508 e. The van der Waals surface area contributed by atoms with E-state index >= 15 is 0 Å². The molecule has 0 atom stereocenters. The quantitative estimate of drug-likeness (QED) is 0.496. The Morgan fingerprint density at radius 3 is 2.65 bits per heavy atom. The molecule has 0 spiro atoms. The fourth-order valence-electron chi connectivity index (χ4n) is 2.40. The van der Waals surface area contributed by atoms with E-state index in [0.29, 0.717) is 21.9 Å². The molecular formula is C15H7FO4. The summed E-state index contributed by atoms with van der Waals surface area (Å²) in [5.41, 5.74) is 0.343. The van der Waals surface area contributed by atoms with Crippen LogP contribution in [0.5, 0.6) is 5.75 Å². The number of fused-ring (bicyclic) bond motifs is 5. The maximum Gasteiger partial charge on any atom is 0.348 e. The molecule has 0 bridgehead atoms. The fourth-order valence-corrected chi connectivity index (χ4v) is 2.40. The number of hydrogen-bond donors (Lipinski definition) is 1. The topological polar surface area (TPSA) is 63.6 Å². The monoisotopic (exact) mass is 270 g/mol. The minimum atomic E-state index is -0.623. The zero-order chi connectivity index (χ0) is 13.9. The van der Waals surface area contributed by atoms with E-state index in [0.717, 1.165) is 0 Å². The molecule has 0 aliphatic carbocycles. The van der Waals surface area contributed by atoms with Crippen molar-refractivity contribution in [1.29, 1.82) is 0 Å². The molecule has 98 valence electrons. The molecule has 2 aromatic heterocycles. The van der Waals surface area contributed by atoms with Gasteiger partial charge in [0.25, 0.3) is 0 Å². The highest BCUT2D eigenvalue weighted by molar-refractivity contribution is 6.12. The van der Waals surface area contributed by atoms with Gasteiger partial charge in [0.05, 0.1) is 5.39 Å². The molecule has 0 amide bonds. The van der Waals surface area contributed by atoms with Crippen LogP contribution in [0.2, 0.25) is 0 Å². The van der Waals surface area contributed by atoms with Crippen molar-refractivity contribution in [3.05, 3.63) is 52.6 Å². The predicted octanol–water partition coefficient (Wildman–Crippen LogP) is 3.54. The molecule has 1 N–H and O–H groups in total. The summed E-state index contributed by atoms with van der Waals surface area (Å²) in [4.78, 5) is 12.1. The Kier molecular flexibility index (Phi) is 1.99. The maximum atomic E-state index is 13.3. The van der Waals surface area contributed by atoms with Crippen molar-refractivity contribution in [2.75, 3.05) is 0 Å². The van der Waals surface area contributed by atoms with Crippen LogP contribution in [0, 0.1) is 5.82 Å². The van der Waals surface area contributed by atoms with Crippen LogP contribution in [-0.2, 0) is 0 Å². The number of aromatic hydroxyl groups is 1. The van der Waals surface area contributed by atoms with E-state index in [9.17, 15) is 14.3 Å². The Morgan fingerprint density at radius 1 is 0.950 bits per heavy atom. The van der Waals surface area contributed by atoms with Gasteiger partial charge >= 0.3 is 5.63 Å². The summed E-state index contributed by atoms with van der Waals surface area (Å²) in [5.74, 6) is -0.465. The zero-order valence-corrected chi connectivity index (χ0v) is 10.0. The molecule has 0 saturated carbocycles. The van der Waals surface area contributed by atoms with E-state index in [1.165, 1.54) is 30.3 Å². The molecule has 20 heavy (non-hydrogen) atoms. The lowest BCUT2D eigenvalue weighted by atomic mass is 10.1. The SMILES string of the molecule is O=c1oc2cc(O)ccc2c2oc3ccc(F)cc3c12. The van der Waals surface area contributed by atoms with Crippen molar-refractivity contribution >= 4 is 32.9 Å². The average Bonchev–Trinajstić information content (AvgIpc) is 2.77. The van der Waals surface area contributed by atoms with E-state index in [4.69, 9.17) is 8.83 Å². The number of halogens is 1. The first-order chi connectivity index (χ1) is 9.63. The van der Waals surface area contributed by atoms with Crippen molar-refractivity contribution in [3.63, 3.8) is 0 Å². The van der Waals surface area contributed by atoms with Gasteiger partial charge < -0.3 is 13.9 Å². The van der Waals surface area contributed by atoms with Crippen molar-refractivity contribution in [2.24, 2.45) is 0 Å². The van der Waals surface area contributed by atoms with Gasteiger partial charge in [-0.3, -0.25) is 0 Å². The van der Waals surface area contributed by atoms with E-state index in [1.807, 2.05) is 0 Å².